The summed E-state index contributed by atoms with van der Waals surface area (Å²) in [5.74, 6) is -1.42. The van der Waals surface area contributed by atoms with E-state index in [4.69, 9.17) is 11.6 Å². The van der Waals surface area contributed by atoms with Gasteiger partial charge >= 0.3 is 0 Å². The third kappa shape index (κ3) is 3.09. The normalized spacial score (nSPS) is 12.5. The van der Waals surface area contributed by atoms with Crippen LogP contribution in [0, 0.1) is 11.6 Å². The van der Waals surface area contributed by atoms with Gasteiger partial charge in [-0.2, -0.15) is 0 Å². The SMILES string of the molecule is O=c1c2cc(Cl)ccc2ncn1CC(O)c1cc(F)ccc1F. The second-order valence-corrected chi connectivity index (χ2v) is 5.48. The minimum atomic E-state index is -1.39. The van der Waals surface area contributed by atoms with Crippen LogP contribution in [-0.4, -0.2) is 14.7 Å². The van der Waals surface area contributed by atoms with Crippen LogP contribution < -0.4 is 5.56 Å². The van der Waals surface area contributed by atoms with Gasteiger partial charge in [-0.3, -0.25) is 9.36 Å². The number of benzene rings is 2. The number of hydrogen-bond acceptors (Lipinski definition) is 3. The van der Waals surface area contributed by atoms with E-state index in [-0.39, 0.29) is 17.5 Å². The Hall–Kier alpha value is -2.31. The molecule has 0 aliphatic heterocycles. The summed E-state index contributed by atoms with van der Waals surface area (Å²) in [5, 5.41) is 10.8. The molecule has 0 saturated carbocycles. The van der Waals surface area contributed by atoms with Crippen molar-refractivity contribution in [2.24, 2.45) is 0 Å². The highest BCUT2D eigenvalue weighted by Crippen LogP contribution is 2.20. The molecule has 1 unspecified atom stereocenters. The van der Waals surface area contributed by atoms with Crippen molar-refractivity contribution >= 4 is 22.5 Å². The Morgan fingerprint density at radius 2 is 2.00 bits per heavy atom. The van der Waals surface area contributed by atoms with E-state index in [1.807, 2.05) is 0 Å². The summed E-state index contributed by atoms with van der Waals surface area (Å²) in [7, 11) is 0. The van der Waals surface area contributed by atoms with Crippen molar-refractivity contribution in [3.05, 3.63) is 75.3 Å². The molecule has 0 fully saturated rings. The van der Waals surface area contributed by atoms with Gasteiger partial charge in [0.15, 0.2) is 0 Å². The molecule has 1 aromatic heterocycles. The topological polar surface area (TPSA) is 55.1 Å². The third-order valence-corrected chi connectivity index (χ3v) is 3.71. The number of aliphatic hydroxyl groups is 1. The maximum absolute atomic E-state index is 13.7. The number of nitrogens with zero attached hydrogens (tertiary/aromatic N) is 2. The van der Waals surface area contributed by atoms with Crippen LogP contribution in [0.4, 0.5) is 8.78 Å². The molecule has 0 aliphatic carbocycles. The first-order chi connectivity index (χ1) is 11.0. The van der Waals surface area contributed by atoms with Crippen LogP contribution >= 0.6 is 11.6 Å². The number of hydrogen-bond donors (Lipinski definition) is 1. The molecule has 0 aliphatic rings. The molecule has 0 amide bonds. The Morgan fingerprint density at radius 3 is 2.78 bits per heavy atom. The Balaban J connectivity index is 1.99. The van der Waals surface area contributed by atoms with Gasteiger partial charge in [0.2, 0.25) is 0 Å². The van der Waals surface area contributed by atoms with Crippen LogP contribution in [0.15, 0.2) is 47.5 Å². The number of fused-ring (bicyclic) bond motifs is 1. The average Bonchev–Trinajstić information content (AvgIpc) is 2.53. The Labute approximate surface area is 134 Å². The lowest BCUT2D eigenvalue weighted by Crippen LogP contribution is -2.24. The highest BCUT2D eigenvalue weighted by Gasteiger charge is 2.16. The Bertz CT molecular complexity index is 943. The van der Waals surface area contributed by atoms with Crippen molar-refractivity contribution in [2.75, 3.05) is 0 Å². The molecule has 2 aromatic carbocycles. The molecule has 3 rings (SSSR count). The lowest BCUT2D eigenvalue weighted by molar-refractivity contribution is 0.150. The van der Waals surface area contributed by atoms with E-state index in [1.165, 1.54) is 12.4 Å². The molecular weight excluding hydrogens is 326 g/mol. The summed E-state index contributed by atoms with van der Waals surface area (Å²) in [5.41, 5.74) is -0.182. The molecular formula is C16H11ClF2N2O2. The lowest BCUT2D eigenvalue weighted by atomic mass is 10.1. The van der Waals surface area contributed by atoms with Gasteiger partial charge < -0.3 is 5.11 Å². The van der Waals surface area contributed by atoms with Crippen molar-refractivity contribution in [2.45, 2.75) is 12.6 Å². The summed E-state index contributed by atoms with van der Waals surface area (Å²) < 4.78 is 28.0. The Kier molecular flexibility index (Phi) is 4.11. The quantitative estimate of drug-likeness (QED) is 0.799. The second-order valence-electron chi connectivity index (χ2n) is 5.05. The van der Waals surface area contributed by atoms with Gasteiger partial charge in [0.1, 0.15) is 11.6 Å². The predicted octanol–water partition coefficient (Wildman–Crippen LogP) is 3.06. The standard InChI is InChI=1S/C16H11ClF2N2O2/c17-9-1-4-14-12(5-9)16(23)21(8-20-14)7-15(22)11-6-10(18)2-3-13(11)19/h1-6,8,15,22H,7H2. The van der Waals surface area contributed by atoms with E-state index in [9.17, 15) is 18.7 Å². The van der Waals surface area contributed by atoms with Crippen LogP contribution in [-0.2, 0) is 6.54 Å². The van der Waals surface area contributed by atoms with Crippen molar-refractivity contribution in [1.29, 1.82) is 0 Å². The number of aromatic nitrogens is 2. The van der Waals surface area contributed by atoms with Crippen LogP contribution in [0.2, 0.25) is 5.02 Å². The maximum Gasteiger partial charge on any atom is 0.261 e. The van der Waals surface area contributed by atoms with Crippen molar-refractivity contribution in [3.8, 4) is 0 Å². The average molecular weight is 337 g/mol. The highest BCUT2D eigenvalue weighted by atomic mass is 35.5. The summed E-state index contributed by atoms with van der Waals surface area (Å²) in [4.78, 5) is 16.5. The maximum atomic E-state index is 13.7. The van der Waals surface area contributed by atoms with Gasteiger partial charge in [-0.1, -0.05) is 11.6 Å². The summed E-state index contributed by atoms with van der Waals surface area (Å²) in [6.45, 7) is -0.255. The number of aliphatic hydroxyl groups excluding tert-OH is 1. The van der Waals surface area contributed by atoms with Gasteiger partial charge in [-0.15, -0.1) is 0 Å². The van der Waals surface area contributed by atoms with Crippen LogP contribution in [0.3, 0.4) is 0 Å². The number of rotatable bonds is 3. The minimum absolute atomic E-state index is 0.219. The fraction of sp³-hybridized carbons (Fsp3) is 0.125. The van der Waals surface area contributed by atoms with E-state index < -0.39 is 23.3 Å². The molecule has 118 valence electrons. The van der Waals surface area contributed by atoms with Gasteiger partial charge in [-0.25, -0.2) is 13.8 Å². The van der Waals surface area contributed by atoms with E-state index >= 15 is 0 Å². The van der Waals surface area contributed by atoms with Crippen molar-refractivity contribution in [1.82, 2.24) is 9.55 Å². The first-order valence-corrected chi connectivity index (χ1v) is 7.11. The predicted molar refractivity (Wildman–Crippen MR) is 82.3 cm³/mol. The molecule has 0 bridgehead atoms. The summed E-state index contributed by atoms with van der Waals surface area (Å²) >= 11 is 5.87. The molecule has 23 heavy (non-hydrogen) atoms. The van der Waals surface area contributed by atoms with E-state index in [0.29, 0.717) is 10.5 Å². The van der Waals surface area contributed by atoms with E-state index in [0.717, 1.165) is 22.8 Å². The zero-order valence-corrected chi connectivity index (χ0v) is 12.5. The smallest absolute Gasteiger partial charge is 0.261 e. The van der Waals surface area contributed by atoms with Gasteiger partial charge in [0, 0.05) is 10.6 Å². The molecule has 3 aromatic rings. The molecule has 0 saturated heterocycles. The minimum Gasteiger partial charge on any atom is -0.386 e. The molecule has 1 N–H and O–H groups in total. The summed E-state index contributed by atoms with van der Waals surface area (Å²) in [6.07, 6.45) is -0.138. The fourth-order valence-corrected chi connectivity index (χ4v) is 2.49. The molecule has 4 nitrogen and oxygen atoms in total. The lowest BCUT2D eigenvalue weighted by Gasteiger charge is -2.14. The zero-order valence-electron chi connectivity index (χ0n) is 11.7. The van der Waals surface area contributed by atoms with Gasteiger partial charge in [0.05, 0.1) is 29.9 Å². The third-order valence-electron chi connectivity index (χ3n) is 3.47. The van der Waals surface area contributed by atoms with Gasteiger partial charge in [-0.05, 0) is 36.4 Å². The Morgan fingerprint density at radius 1 is 1.22 bits per heavy atom. The molecule has 0 radical (unpaired) electrons. The van der Waals surface area contributed by atoms with Crippen molar-refractivity contribution in [3.63, 3.8) is 0 Å². The van der Waals surface area contributed by atoms with E-state index in [1.54, 1.807) is 12.1 Å². The van der Waals surface area contributed by atoms with E-state index in [2.05, 4.69) is 4.98 Å². The molecule has 1 atom stereocenters. The first-order valence-electron chi connectivity index (χ1n) is 6.73. The van der Waals surface area contributed by atoms with Crippen LogP contribution in [0.25, 0.3) is 10.9 Å². The largest absolute Gasteiger partial charge is 0.386 e. The highest BCUT2D eigenvalue weighted by molar-refractivity contribution is 6.31. The number of halogens is 3. The van der Waals surface area contributed by atoms with Crippen molar-refractivity contribution < 1.29 is 13.9 Å². The zero-order chi connectivity index (χ0) is 16.6. The first kappa shape index (κ1) is 15.6. The van der Waals surface area contributed by atoms with Gasteiger partial charge in [0.25, 0.3) is 5.56 Å². The van der Waals surface area contributed by atoms with Crippen LogP contribution in [0.5, 0.6) is 0 Å². The second kappa shape index (κ2) is 6.06. The van der Waals surface area contributed by atoms with Crippen LogP contribution in [0.1, 0.15) is 11.7 Å². The summed E-state index contributed by atoms with van der Waals surface area (Å²) in [6, 6.07) is 7.46. The fourth-order valence-electron chi connectivity index (χ4n) is 2.32. The molecule has 7 heteroatoms. The monoisotopic (exact) mass is 336 g/mol. The molecule has 1 heterocycles. The molecule has 0 spiro atoms.